The van der Waals surface area contributed by atoms with Gasteiger partial charge in [0.2, 0.25) is 5.89 Å². The molecule has 40 heavy (non-hydrogen) atoms. The Morgan fingerprint density at radius 3 is 2.35 bits per heavy atom. The van der Waals surface area contributed by atoms with Crippen LogP contribution in [0.25, 0.3) is 11.5 Å². The number of methoxy groups -OCH3 is 1. The molecule has 2 heterocycles. The maximum atomic E-state index is 13.0. The summed E-state index contributed by atoms with van der Waals surface area (Å²) in [7, 11) is 1.57. The third-order valence-electron chi connectivity index (χ3n) is 6.06. The zero-order chi connectivity index (χ0) is 27.7. The van der Waals surface area contributed by atoms with Gasteiger partial charge in [0, 0.05) is 18.5 Å². The van der Waals surface area contributed by atoms with Crippen LogP contribution in [0.15, 0.2) is 83.3 Å². The lowest BCUT2D eigenvalue weighted by Crippen LogP contribution is -2.33. The molecule has 5 rings (SSSR count). The Hall–Kier alpha value is -5.19. The average Bonchev–Trinajstić information content (AvgIpc) is 3.64. The van der Waals surface area contributed by atoms with E-state index in [1.807, 2.05) is 61.5 Å². The van der Waals surface area contributed by atoms with E-state index >= 15 is 0 Å². The monoisotopic (exact) mass is 540 g/mol. The van der Waals surface area contributed by atoms with Gasteiger partial charge in [0.25, 0.3) is 0 Å². The van der Waals surface area contributed by atoms with Crippen LogP contribution in [0.1, 0.15) is 22.8 Å². The van der Waals surface area contributed by atoms with Crippen LogP contribution in [0.5, 0.6) is 17.2 Å². The van der Waals surface area contributed by atoms with E-state index in [2.05, 4.69) is 25.6 Å². The molecule has 0 atom stereocenters. The molecule has 11 heteroatoms. The van der Waals surface area contributed by atoms with Crippen molar-refractivity contribution < 1.29 is 23.4 Å². The van der Waals surface area contributed by atoms with Crippen LogP contribution >= 0.6 is 0 Å². The van der Waals surface area contributed by atoms with Gasteiger partial charge in [-0.2, -0.15) is 5.21 Å². The van der Waals surface area contributed by atoms with E-state index in [1.165, 1.54) is 4.90 Å². The number of hydrogen-bond acceptors (Lipinski definition) is 9. The zero-order valence-corrected chi connectivity index (χ0v) is 22.1. The summed E-state index contributed by atoms with van der Waals surface area (Å²) in [5.41, 5.74) is 2.68. The molecule has 0 saturated heterocycles. The first-order valence-electron chi connectivity index (χ1n) is 12.6. The summed E-state index contributed by atoms with van der Waals surface area (Å²) in [6, 6.07) is 24.1. The number of tetrazole rings is 1. The lowest BCUT2D eigenvalue weighted by molar-refractivity contribution is 0.145. The predicted octanol–water partition coefficient (Wildman–Crippen LogP) is 4.99. The summed E-state index contributed by atoms with van der Waals surface area (Å²) in [6.45, 7) is 2.73. The SMILES string of the molecule is COc1ccc(OC(=O)N(Cc2ccc(OCCc3nc(-c4ccccc4)oc3C)cc2)Cc2nn[nH]n2)cc1. The van der Waals surface area contributed by atoms with E-state index in [9.17, 15) is 4.79 Å². The van der Waals surface area contributed by atoms with E-state index < -0.39 is 6.09 Å². The number of carbonyl (C=O) groups is 1. The zero-order valence-electron chi connectivity index (χ0n) is 22.1. The molecule has 204 valence electrons. The number of oxazole rings is 1. The predicted molar refractivity (Wildman–Crippen MR) is 145 cm³/mol. The summed E-state index contributed by atoms with van der Waals surface area (Å²) in [4.78, 5) is 19.1. The minimum atomic E-state index is -0.548. The second kappa shape index (κ2) is 12.6. The average molecular weight is 541 g/mol. The summed E-state index contributed by atoms with van der Waals surface area (Å²) < 4.78 is 22.5. The van der Waals surface area contributed by atoms with Gasteiger partial charge in [-0.15, -0.1) is 10.2 Å². The number of amides is 1. The van der Waals surface area contributed by atoms with Crippen LogP contribution < -0.4 is 14.2 Å². The van der Waals surface area contributed by atoms with Crippen molar-refractivity contribution in [2.24, 2.45) is 0 Å². The molecule has 0 saturated carbocycles. The number of aromatic amines is 1. The minimum absolute atomic E-state index is 0.117. The smallest absolute Gasteiger partial charge is 0.415 e. The van der Waals surface area contributed by atoms with Crippen LogP contribution in [0, 0.1) is 6.92 Å². The van der Waals surface area contributed by atoms with Gasteiger partial charge in [-0.3, -0.25) is 4.90 Å². The van der Waals surface area contributed by atoms with Gasteiger partial charge in [0.1, 0.15) is 23.0 Å². The Bertz CT molecular complexity index is 1500. The molecular formula is C29H28N6O5. The molecule has 1 amide bonds. The molecule has 0 fully saturated rings. The van der Waals surface area contributed by atoms with Gasteiger partial charge in [-0.1, -0.05) is 35.5 Å². The number of aromatic nitrogens is 5. The van der Waals surface area contributed by atoms with Gasteiger partial charge in [0.05, 0.1) is 26.0 Å². The normalized spacial score (nSPS) is 10.8. The van der Waals surface area contributed by atoms with Gasteiger partial charge in [-0.05, 0) is 61.0 Å². The summed E-state index contributed by atoms with van der Waals surface area (Å²) in [5, 5.41) is 13.9. The first-order chi connectivity index (χ1) is 19.6. The number of aryl methyl sites for hydroxylation is 1. The van der Waals surface area contributed by atoms with Crippen molar-refractivity contribution in [1.82, 2.24) is 30.5 Å². The number of hydrogen-bond donors (Lipinski definition) is 1. The maximum absolute atomic E-state index is 13.0. The van der Waals surface area contributed by atoms with Crippen LogP contribution in [0.4, 0.5) is 4.79 Å². The van der Waals surface area contributed by atoms with Crippen LogP contribution in [-0.4, -0.2) is 50.3 Å². The Labute approximate surface area is 230 Å². The number of rotatable bonds is 11. The van der Waals surface area contributed by atoms with E-state index in [0.29, 0.717) is 42.0 Å². The summed E-state index contributed by atoms with van der Waals surface area (Å²) >= 11 is 0. The molecule has 3 aromatic carbocycles. The summed E-state index contributed by atoms with van der Waals surface area (Å²) in [5.74, 6) is 3.52. The van der Waals surface area contributed by atoms with Gasteiger partial charge in [-0.25, -0.2) is 9.78 Å². The minimum Gasteiger partial charge on any atom is -0.497 e. The number of carbonyl (C=O) groups excluding carboxylic acids is 1. The van der Waals surface area contributed by atoms with E-state index in [1.54, 1.807) is 31.4 Å². The Morgan fingerprint density at radius 2 is 1.65 bits per heavy atom. The van der Waals surface area contributed by atoms with Gasteiger partial charge < -0.3 is 18.6 Å². The fourth-order valence-corrected chi connectivity index (χ4v) is 3.96. The number of H-pyrrole nitrogens is 1. The Balaban J connectivity index is 1.18. The Morgan fingerprint density at radius 1 is 0.925 bits per heavy atom. The second-order valence-corrected chi connectivity index (χ2v) is 8.86. The van der Waals surface area contributed by atoms with Crippen molar-refractivity contribution in [2.45, 2.75) is 26.4 Å². The molecule has 0 spiro atoms. The molecule has 0 unspecified atom stereocenters. The highest BCUT2D eigenvalue weighted by Crippen LogP contribution is 2.23. The molecule has 1 N–H and O–H groups in total. The molecular weight excluding hydrogens is 512 g/mol. The van der Waals surface area contributed by atoms with Crippen molar-refractivity contribution in [3.63, 3.8) is 0 Å². The summed E-state index contributed by atoms with van der Waals surface area (Å²) in [6.07, 6.45) is 0.0627. The van der Waals surface area contributed by atoms with Crippen LogP contribution in [0.3, 0.4) is 0 Å². The highest BCUT2D eigenvalue weighted by atomic mass is 16.6. The van der Waals surface area contributed by atoms with E-state index in [0.717, 1.165) is 22.6 Å². The molecule has 0 aliphatic heterocycles. The molecule has 0 aliphatic carbocycles. The van der Waals surface area contributed by atoms with Crippen molar-refractivity contribution >= 4 is 6.09 Å². The maximum Gasteiger partial charge on any atom is 0.415 e. The highest BCUT2D eigenvalue weighted by molar-refractivity contribution is 5.70. The highest BCUT2D eigenvalue weighted by Gasteiger charge is 2.19. The first-order valence-corrected chi connectivity index (χ1v) is 12.6. The fourth-order valence-electron chi connectivity index (χ4n) is 3.96. The number of ether oxygens (including phenoxy) is 3. The molecule has 0 aliphatic rings. The van der Waals surface area contributed by atoms with Crippen LogP contribution in [-0.2, 0) is 19.5 Å². The number of nitrogens with zero attached hydrogens (tertiary/aromatic N) is 5. The molecule has 0 bridgehead atoms. The molecule has 5 aromatic rings. The van der Waals surface area contributed by atoms with E-state index in [4.69, 9.17) is 18.6 Å². The standard InChI is InChI=1S/C29H28N6O5/c1-20-26(30-28(39-20)22-6-4-3-5-7-22)16-17-38-24-10-8-21(9-11-24)18-35(19-27-31-33-34-32-27)29(36)40-25-14-12-23(37-2)13-15-25/h3-15H,16-19H2,1-2H3,(H,31,32,33,34). The van der Waals surface area contributed by atoms with Crippen molar-refractivity contribution in [3.05, 3.63) is 102 Å². The largest absolute Gasteiger partial charge is 0.497 e. The molecule has 0 radical (unpaired) electrons. The van der Waals surface area contributed by atoms with E-state index in [-0.39, 0.29) is 13.1 Å². The number of benzene rings is 3. The van der Waals surface area contributed by atoms with Crippen molar-refractivity contribution in [1.29, 1.82) is 0 Å². The van der Waals surface area contributed by atoms with Gasteiger partial charge in [0.15, 0.2) is 5.82 Å². The third-order valence-corrected chi connectivity index (χ3v) is 6.06. The topological polar surface area (TPSA) is 128 Å². The van der Waals surface area contributed by atoms with Crippen LogP contribution in [0.2, 0.25) is 0 Å². The van der Waals surface area contributed by atoms with Crippen molar-refractivity contribution in [3.8, 4) is 28.7 Å². The fraction of sp³-hybridized carbons (Fsp3) is 0.207. The third kappa shape index (κ3) is 6.81. The number of nitrogens with one attached hydrogen (secondary N) is 1. The van der Waals surface area contributed by atoms with Crippen molar-refractivity contribution in [2.75, 3.05) is 13.7 Å². The lowest BCUT2D eigenvalue weighted by Gasteiger charge is -2.21. The quantitative estimate of drug-likeness (QED) is 0.246. The molecule has 11 nitrogen and oxygen atoms in total. The Kier molecular flexibility index (Phi) is 8.30. The lowest BCUT2D eigenvalue weighted by atomic mass is 10.2. The first kappa shape index (κ1) is 26.4. The molecule has 2 aromatic heterocycles. The second-order valence-electron chi connectivity index (χ2n) is 8.86. The van der Waals surface area contributed by atoms with Gasteiger partial charge >= 0.3 is 6.09 Å².